The van der Waals surface area contributed by atoms with Gasteiger partial charge < -0.3 is 15.0 Å². The lowest BCUT2D eigenvalue weighted by molar-refractivity contribution is 0.0951. The van der Waals surface area contributed by atoms with Gasteiger partial charge in [0.15, 0.2) is 0 Å². The minimum Gasteiger partial charge on any atom is -0.491 e. The number of para-hydroxylation sites is 1. The molecule has 0 spiro atoms. The van der Waals surface area contributed by atoms with E-state index in [9.17, 15) is 4.79 Å². The van der Waals surface area contributed by atoms with Crippen LogP contribution in [0, 0.1) is 0 Å². The molecule has 0 aliphatic rings. The van der Waals surface area contributed by atoms with Crippen LogP contribution in [0.5, 0.6) is 5.75 Å². The molecule has 1 amide bonds. The number of nitrogens with zero attached hydrogens (tertiary/aromatic N) is 3. The molecule has 3 aromatic rings. The lowest BCUT2D eigenvalue weighted by Crippen LogP contribution is -2.26. The van der Waals surface area contributed by atoms with Crippen molar-refractivity contribution in [2.24, 2.45) is 0 Å². The third-order valence-corrected chi connectivity index (χ3v) is 4.56. The van der Waals surface area contributed by atoms with E-state index in [1.807, 2.05) is 42.5 Å². The Morgan fingerprint density at radius 2 is 1.89 bits per heavy atom. The fourth-order valence-electron chi connectivity index (χ4n) is 3.01. The molecule has 0 fully saturated rings. The van der Waals surface area contributed by atoms with Crippen molar-refractivity contribution in [1.82, 2.24) is 15.3 Å². The highest BCUT2D eigenvalue weighted by Crippen LogP contribution is 2.22. The number of ether oxygens (including phenoxy) is 1. The van der Waals surface area contributed by atoms with Gasteiger partial charge in [-0.1, -0.05) is 18.2 Å². The van der Waals surface area contributed by atoms with E-state index in [1.165, 1.54) is 0 Å². The van der Waals surface area contributed by atoms with Gasteiger partial charge in [0.25, 0.3) is 5.91 Å². The van der Waals surface area contributed by atoms with Crippen LogP contribution >= 0.6 is 0 Å². The first-order valence-electron chi connectivity index (χ1n) is 9.68. The molecular weight excluding hydrogens is 352 g/mol. The van der Waals surface area contributed by atoms with Gasteiger partial charge >= 0.3 is 0 Å². The Morgan fingerprint density at radius 1 is 1.07 bits per heavy atom. The molecule has 0 unspecified atom stereocenters. The number of benzene rings is 1. The maximum Gasteiger partial charge on any atom is 0.252 e. The maximum atomic E-state index is 12.3. The Morgan fingerprint density at radius 3 is 2.64 bits per heavy atom. The molecule has 6 nitrogen and oxygen atoms in total. The largest absolute Gasteiger partial charge is 0.491 e. The van der Waals surface area contributed by atoms with Crippen molar-refractivity contribution in [1.29, 1.82) is 0 Å². The monoisotopic (exact) mass is 378 g/mol. The Kier molecular flexibility index (Phi) is 6.78. The predicted octanol–water partition coefficient (Wildman–Crippen LogP) is 3.67. The van der Waals surface area contributed by atoms with Crippen molar-refractivity contribution in [3.05, 3.63) is 60.4 Å². The number of carbonyl (C=O) groups is 1. The van der Waals surface area contributed by atoms with Gasteiger partial charge in [0, 0.05) is 37.4 Å². The molecule has 0 aliphatic heterocycles. The molecular formula is C22H26N4O2. The third-order valence-electron chi connectivity index (χ3n) is 4.56. The molecule has 2 heterocycles. The molecule has 0 aliphatic carbocycles. The first-order valence-corrected chi connectivity index (χ1v) is 9.68. The van der Waals surface area contributed by atoms with Gasteiger partial charge in [-0.2, -0.15) is 0 Å². The number of rotatable bonds is 9. The van der Waals surface area contributed by atoms with Gasteiger partial charge in [-0.25, -0.2) is 4.98 Å². The first kappa shape index (κ1) is 19.6. The van der Waals surface area contributed by atoms with Crippen LogP contribution in [0.3, 0.4) is 0 Å². The number of aromatic nitrogens is 2. The number of fused-ring (bicyclic) bond motifs is 1. The SMILES string of the molecule is CCN(CC)c1ccc(C(=O)NCCCOc2cccc3cccnc23)cn1. The summed E-state index contributed by atoms with van der Waals surface area (Å²) in [5.41, 5.74) is 1.42. The Labute approximate surface area is 165 Å². The van der Waals surface area contributed by atoms with Crippen LogP contribution in [0.25, 0.3) is 10.9 Å². The topological polar surface area (TPSA) is 67.4 Å². The standard InChI is InChI=1S/C22H26N4O2/c1-3-26(4-2)20-12-11-18(16-25-20)22(27)24-14-7-15-28-19-10-5-8-17-9-6-13-23-21(17)19/h5-6,8-13,16H,3-4,7,14-15H2,1-2H3,(H,24,27). The van der Waals surface area contributed by atoms with Gasteiger partial charge in [0.05, 0.1) is 12.2 Å². The highest BCUT2D eigenvalue weighted by molar-refractivity contribution is 5.94. The minimum atomic E-state index is -0.120. The van der Waals surface area contributed by atoms with E-state index >= 15 is 0 Å². The van der Waals surface area contributed by atoms with E-state index in [0.717, 1.165) is 35.6 Å². The normalized spacial score (nSPS) is 10.6. The molecule has 1 N–H and O–H groups in total. The average molecular weight is 378 g/mol. The van der Waals surface area contributed by atoms with E-state index in [-0.39, 0.29) is 5.91 Å². The van der Waals surface area contributed by atoms with E-state index in [0.29, 0.717) is 25.1 Å². The highest BCUT2D eigenvalue weighted by atomic mass is 16.5. The molecule has 2 aromatic heterocycles. The molecule has 28 heavy (non-hydrogen) atoms. The summed E-state index contributed by atoms with van der Waals surface area (Å²) in [4.78, 5) is 23.2. The Bertz CT molecular complexity index is 903. The van der Waals surface area contributed by atoms with Crippen LogP contribution in [-0.2, 0) is 0 Å². The number of nitrogens with one attached hydrogen (secondary N) is 1. The molecule has 146 valence electrons. The second-order valence-electron chi connectivity index (χ2n) is 6.37. The van der Waals surface area contributed by atoms with Crippen molar-refractivity contribution in [3.8, 4) is 5.75 Å². The third kappa shape index (κ3) is 4.76. The van der Waals surface area contributed by atoms with Crippen LogP contribution in [0.1, 0.15) is 30.6 Å². The van der Waals surface area contributed by atoms with Gasteiger partial charge in [0.2, 0.25) is 0 Å². The van der Waals surface area contributed by atoms with Crippen LogP contribution in [0.15, 0.2) is 54.9 Å². The number of amides is 1. The zero-order chi connectivity index (χ0) is 19.8. The number of pyridine rings is 2. The summed E-state index contributed by atoms with van der Waals surface area (Å²) in [5.74, 6) is 1.53. The molecule has 3 rings (SSSR count). The summed E-state index contributed by atoms with van der Waals surface area (Å²) >= 11 is 0. The summed E-state index contributed by atoms with van der Waals surface area (Å²) < 4.78 is 5.84. The van der Waals surface area contributed by atoms with Gasteiger partial charge in [-0.3, -0.25) is 9.78 Å². The van der Waals surface area contributed by atoms with Crippen LogP contribution < -0.4 is 15.0 Å². The summed E-state index contributed by atoms with van der Waals surface area (Å²) in [5, 5.41) is 3.96. The zero-order valence-electron chi connectivity index (χ0n) is 16.4. The molecule has 0 saturated carbocycles. The average Bonchev–Trinajstić information content (AvgIpc) is 2.75. The lowest BCUT2D eigenvalue weighted by Gasteiger charge is -2.19. The lowest BCUT2D eigenvalue weighted by atomic mass is 10.2. The smallest absolute Gasteiger partial charge is 0.252 e. The van der Waals surface area contributed by atoms with Crippen LogP contribution in [0.4, 0.5) is 5.82 Å². The fraction of sp³-hybridized carbons (Fsp3) is 0.318. The second kappa shape index (κ2) is 9.69. The summed E-state index contributed by atoms with van der Waals surface area (Å²) in [6.45, 7) is 7.00. The molecule has 0 bridgehead atoms. The zero-order valence-corrected chi connectivity index (χ0v) is 16.4. The predicted molar refractivity (Wildman–Crippen MR) is 112 cm³/mol. The molecule has 0 atom stereocenters. The number of hydrogen-bond donors (Lipinski definition) is 1. The second-order valence-corrected chi connectivity index (χ2v) is 6.37. The molecule has 6 heteroatoms. The number of anilines is 1. The quantitative estimate of drug-likeness (QED) is 0.576. The number of hydrogen-bond acceptors (Lipinski definition) is 5. The van der Waals surface area contributed by atoms with Gasteiger partial charge in [-0.15, -0.1) is 0 Å². The summed E-state index contributed by atoms with van der Waals surface area (Å²) in [7, 11) is 0. The Balaban J connectivity index is 1.45. The Hall–Kier alpha value is -3.15. The summed E-state index contributed by atoms with van der Waals surface area (Å²) in [6, 6.07) is 13.5. The van der Waals surface area contributed by atoms with E-state index in [2.05, 4.69) is 34.0 Å². The number of carbonyl (C=O) groups excluding carboxylic acids is 1. The van der Waals surface area contributed by atoms with E-state index in [1.54, 1.807) is 12.4 Å². The van der Waals surface area contributed by atoms with E-state index < -0.39 is 0 Å². The van der Waals surface area contributed by atoms with Gasteiger partial charge in [-0.05, 0) is 44.5 Å². The fourth-order valence-corrected chi connectivity index (χ4v) is 3.01. The highest BCUT2D eigenvalue weighted by Gasteiger charge is 2.08. The minimum absolute atomic E-state index is 0.120. The van der Waals surface area contributed by atoms with Crippen molar-refractivity contribution in [2.75, 3.05) is 31.1 Å². The van der Waals surface area contributed by atoms with Crippen LogP contribution in [-0.4, -0.2) is 42.1 Å². The van der Waals surface area contributed by atoms with Crippen molar-refractivity contribution in [2.45, 2.75) is 20.3 Å². The summed E-state index contributed by atoms with van der Waals surface area (Å²) in [6.07, 6.45) is 4.09. The van der Waals surface area contributed by atoms with Crippen molar-refractivity contribution in [3.63, 3.8) is 0 Å². The van der Waals surface area contributed by atoms with Gasteiger partial charge in [0.1, 0.15) is 17.1 Å². The van der Waals surface area contributed by atoms with E-state index in [4.69, 9.17) is 4.74 Å². The van der Waals surface area contributed by atoms with Crippen molar-refractivity contribution >= 4 is 22.6 Å². The van der Waals surface area contributed by atoms with Crippen LogP contribution in [0.2, 0.25) is 0 Å². The first-order chi connectivity index (χ1) is 13.7. The molecule has 0 saturated heterocycles. The van der Waals surface area contributed by atoms with Crippen molar-refractivity contribution < 1.29 is 9.53 Å². The maximum absolute atomic E-state index is 12.3. The molecule has 1 aromatic carbocycles. The molecule has 0 radical (unpaired) electrons.